The third-order valence-electron chi connectivity index (χ3n) is 3.60. The lowest BCUT2D eigenvalue weighted by molar-refractivity contribution is 0.590. The van der Waals surface area contributed by atoms with Gasteiger partial charge < -0.3 is 10.6 Å². The lowest BCUT2D eigenvalue weighted by Gasteiger charge is -2.34. The lowest BCUT2D eigenvalue weighted by Crippen LogP contribution is -2.33. The molecule has 0 spiro atoms. The molecule has 1 aliphatic rings. The number of nitrogens with zero attached hydrogens (tertiary/aromatic N) is 1. The fourth-order valence-electron chi connectivity index (χ4n) is 2.63. The van der Waals surface area contributed by atoms with Crippen molar-refractivity contribution in [2.45, 2.75) is 19.0 Å². The van der Waals surface area contributed by atoms with Gasteiger partial charge in [-0.1, -0.05) is 48.5 Å². The van der Waals surface area contributed by atoms with E-state index in [0.717, 1.165) is 19.5 Å². The first-order valence-electron chi connectivity index (χ1n) is 6.48. The van der Waals surface area contributed by atoms with Crippen LogP contribution in [0, 0.1) is 0 Å². The van der Waals surface area contributed by atoms with E-state index in [1.54, 1.807) is 0 Å². The summed E-state index contributed by atoms with van der Waals surface area (Å²) in [6.07, 6.45) is 1.03. The van der Waals surface area contributed by atoms with Gasteiger partial charge in [0.15, 0.2) is 0 Å². The molecule has 0 saturated carbocycles. The first-order chi connectivity index (χ1) is 8.84. The predicted octanol–water partition coefficient (Wildman–Crippen LogP) is 3.10. The van der Waals surface area contributed by atoms with Gasteiger partial charge in [-0.25, -0.2) is 0 Å². The molecule has 2 N–H and O–H groups in total. The second-order valence-corrected chi connectivity index (χ2v) is 4.86. The quantitative estimate of drug-likeness (QED) is 0.871. The standard InChI is InChI=1S/C16H18N2/c17-15-10-11-18(12-13-6-2-1-3-7-13)16-9-5-4-8-14(15)16/h1-9,15H,10-12,17H2. The minimum atomic E-state index is 0.188. The van der Waals surface area contributed by atoms with Crippen LogP contribution in [-0.4, -0.2) is 6.54 Å². The summed E-state index contributed by atoms with van der Waals surface area (Å²) in [5.74, 6) is 0. The van der Waals surface area contributed by atoms with Crippen molar-refractivity contribution in [2.75, 3.05) is 11.4 Å². The molecule has 2 heteroatoms. The molecule has 3 rings (SSSR count). The van der Waals surface area contributed by atoms with Crippen LogP contribution in [0.5, 0.6) is 0 Å². The monoisotopic (exact) mass is 238 g/mol. The maximum atomic E-state index is 6.18. The minimum Gasteiger partial charge on any atom is -0.367 e. The maximum Gasteiger partial charge on any atom is 0.0429 e. The van der Waals surface area contributed by atoms with Crippen molar-refractivity contribution in [1.29, 1.82) is 0 Å². The zero-order chi connectivity index (χ0) is 12.4. The van der Waals surface area contributed by atoms with E-state index in [1.165, 1.54) is 16.8 Å². The Kier molecular flexibility index (Phi) is 3.03. The molecule has 92 valence electrons. The van der Waals surface area contributed by atoms with Crippen LogP contribution in [0.2, 0.25) is 0 Å². The van der Waals surface area contributed by atoms with Gasteiger partial charge >= 0.3 is 0 Å². The fraction of sp³-hybridized carbons (Fsp3) is 0.250. The summed E-state index contributed by atoms with van der Waals surface area (Å²) in [5, 5.41) is 0. The molecule has 0 bridgehead atoms. The summed E-state index contributed by atoms with van der Waals surface area (Å²) in [6.45, 7) is 2.00. The molecular weight excluding hydrogens is 220 g/mol. The molecule has 18 heavy (non-hydrogen) atoms. The second kappa shape index (κ2) is 4.83. The summed E-state index contributed by atoms with van der Waals surface area (Å²) in [6, 6.07) is 19.3. The van der Waals surface area contributed by atoms with Crippen LogP contribution < -0.4 is 10.6 Å². The zero-order valence-electron chi connectivity index (χ0n) is 10.4. The second-order valence-electron chi connectivity index (χ2n) is 4.86. The van der Waals surface area contributed by atoms with Gasteiger partial charge in [0, 0.05) is 24.8 Å². The van der Waals surface area contributed by atoms with Gasteiger partial charge in [0.2, 0.25) is 0 Å². The van der Waals surface area contributed by atoms with Crippen LogP contribution in [0.15, 0.2) is 54.6 Å². The Morgan fingerprint density at radius 3 is 2.56 bits per heavy atom. The Hall–Kier alpha value is -1.80. The van der Waals surface area contributed by atoms with E-state index in [1.807, 2.05) is 0 Å². The minimum absolute atomic E-state index is 0.188. The van der Waals surface area contributed by atoms with Gasteiger partial charge in [-0.3, -0.25) is 0 Å². The molecule has 2 nitrogen and oxygen atoms in total. The lowest BCUT2D eigenvalue weighted by atomic mass is 9.97. The molecular formula is C16H18N2. The normalized spacial score (nSPS) is 18.5. The van der Waals surface area contributed by atoms with E-state index >= 15 is 0 Å². The molecule has 0 aromatic heterocycles. The molecule has 0 amide bonds. The maximum absolute atomic E-state index is 6.18. The van der Waals surface area contributed by atoms with E-state index < -0.39 is 0 Å². The number of fused-ring (bicyclic) bond motifs is 1. The van der Waals surface area contributed by atoms with Crippen LogP contribution >= 0.6 is 0 Å². The van der Waals surface area contributed by atoms with Crippen LogP contribution in [0.25, 0.3) is 0 Å². The van der Waals surface area contributed by atoms with Gasteiger partial charge in [-0.05, 0) is 23.6 Å². The number of hydrogen-bond acceptors (Lipinski definition) is 2. The van der Waals surface area contributed by atoms with Gasteiger partial charge in [0.1, 0.15) is 0 Å². The summed E-state index contributed by atoms with van der Waals surface area (Å²) < 4.78 is 0. The highest BCUT2D eigenvalue weighted by Gasteiger charge is 2.21. The van der Waals surface area contributed by atoms with Gasteiger partial charge in [0.25, 0.3) is 0 Å². The first kappa shape index (κ1) is 11.3. The van der Waals surface area contributed by atoms with Gasteiger partial charge in [0.05, 0.1) is 0 Å². The number of rotatable bonds is 2. The predicted molar refractivity (Wildman–Crippen MR) is 75.5 cm³/mol. The zero-order valence-corrected chi connectivity index (χ0v) is 10.4. The Balaban J connectivity index is 1.89. The van der Waals surface area contributed by atoms with Crippen LogP contribution in [-0.2, 0) is 6.54 Å². The van der Waals surface area contributed by atoms with Crippen LogP contribution in [0.3, 0.4) is 0 Å². The van der Waals surface area contributed by atoms with Crippen molar-refractivity contribution >= 4 is 5.69 Å². The van der Waals surface area contributed by atoms with E-state index in [4.69, 9.17) is 5.73 Å². The highest BCUT2D eigenvalue weighted by molar-refractivity contribution is 5.57. The van der Waals surface area contributed by atoms with E-state index in [-0.39, 0.29) is 6.04 Å². The Morgan fingerprint density at radius 1 is 1.00 bits per heavy atom. The van der Waals surface area contributed by atoms with Gasteiger partial charge in [-0.2, -0.15) is 0 Å². The number of nitrogens with two attached hydrogens (primary N) is 1. The van der Waals surface area contributed by atoms with Crippen LogP contribution in [0.4, 0.5) is 5.69 Å². The largest absolute Gasteiger partial charge is 0.367 e. The van der Waals surface area contributed by atoms with Crippen molar-refractivity contribution in [3.63, 3.8) is 0 Å². The molecule has 1 unspecified atom stereocenters. The van der Waals surface area contributed by atoms with Crippen LogP contribution in [0.1, 0.15) is 23.6 Å². The Bertz CT molecular complexity index is 522. The van der Waals surface area contributed by atoms with Crippen molar-refractivity contribution < 1.29 is 0 Å². The van der Waals surface area contributed by atoms with Crippen molar-refractivity contribution in [1.82, 2.24) is 0 Å². The molecule has 2 aromatic carbocycles. The molecule has 1 atom stereocenters. The fourth-order valence-corrected chi connectivity index (χ4v) is 2.63. The molecule has 1 aliphatic heterocycles. The number of para-hydroxylation sites is 1. The van der Waals surface area contributed by atoms with Crippen molar-refractivity contribution in [3.8, 4) is 0 Å². The Labute approximate surface area is 108 Å². The molecule has 0 saturated heterocycles. The number of anilines is 1. The molecule has 0 radical (unpaired) electrons. The molecule has 0 fully saturated rings. The van der Waals surface area contributed by atoms with Crippen molar-refractivity contribution in [2.24, 2.45) is 5.73 Å². The number of benzene rings is 2. The Morgan fingerprint density at radius 2 is 1.72 bits per heavy atom. The summed E-state index contributed by atoms with van der Waals surface area (Å²) in [4.78, 5) is 2.42. The van der Waals surface area contributed by atoms with E-state index in [0.29, 0.717) is 0 Å². The average molecular weight is 238 g/mol. The van der Waals surface area contributed by atoms with Gasteiger partial charge in [-0.15, -0.1) is 0 Å². The summed E-state index contributed by atoms with van der Waals surface area (Å²) >= 11 is 0. The third kappa shape index (κ3) is 2.12. The molecule has 1 heterocycles. The molecule has 2 aromatic rings. The summed E-state index contributed by atoms with van der Waals surface area (Å²) in [5.41, 5.74) is 10.1. The summed E-state index contributed by atoms with van der Waals surface area (Å²) in [7, 11) is 0. The number of hydrogen-bond donors (Lipinski definition) is 1. The first-order valence-corrected chi connectivity index (χ1v) is 6.48. The van der Waals surface area contributed by atoms with Crippen molar-refractivity contribution in [3.05, 3.63) is 65.7 Å². The van der Waals surface area contributed by atoms with E-state index in [9.17, 15) is 0 Å². The highest BCUT2D eigenvalue weighted by Crippen LogP contribution is 2.32. The SMILES string of the molecule is NC1CCN(Cc2ccccc2)c2ccccc21. The smallest absolute Gasteiger partial charge is 0.0429 e. The average Bonchev–Trinajstić information content (AvgIpc) is 2.44. The topological polar surface area (TPSA) is 29.3 Å². The highest BCUT2D eigenvalue weighted by atomic mass is 15.1. The molecule has 0 aliphatic carbocycles. The third-order valence-corrected chi connectivity index (χ3v) is 3.60. The van der Waals surface area contributed by atoms with E-state index in [2.05, 4.69) is 59.5 Å².